The Balaban J connectivity index is 1.58. The molecule has 1 saturated heterocycles. The molecule has 4 N–H and O–H groups in total. The Kier molecular flexibility index (Phi) is 9.51. The summed E-state index contributed by atoms with van der Waals surface area (Å²) in [5.74, 6) is -2.16. The van der Waals surface area contributed by atoms with Gasteiger partial charge in [-0.1, -0.05) is 44.2 Å². The highest BCUT2D eigenvalue weighted by atomic mass is 16.6. The highest BCUT2D eigenvalue weighted by Crippen LogP contribution is 2.31. The van der Waals surface area contributed by atoms with Crippen LogP contribution in [0.5, 0.6) is 0 Å². The Labute approximate surface area is 206 Å². The Bertz CT molecular complexity index is 890. The predicted molar refractivity (Wildman–Crippen MR) is 129 cm³/mol. The van der Waals surface area contributed by atoms with Crippen molar-refractivity contribution in [2.24, 2.45) is 17.8 Å². The molecule has 1 aliphatic carbocycles. The fraction of sp³-hybridized carbons (Fsp3) is 0.615. The third kappa shape index (κ3) is 7.97. The van der Waals surface area contributed by atoms with Gasteiger partial charge in [0.05, 0.1) is 0 Å². The molecule has 1 heterocycles. The molecule has 9 heteroatoms. The molecule has 192 valence electrons. The third-order valence-corrected chi connectivity index (χ3v) is 6.80. The van der Waals surface area contributed by atoms with E-state index in [1.165, 1.54) is 5.56 Å². The van der Waals surface area contributed by atoms with Crippen LogP contribution in [-0.4, -0.2) is 53.7 Å². The fourth-order valence-corrected chi connectivity index (χ4v) is 4.97. The molecular weight excluding hydrogens is 450 g/mol. The van der Waals surface area contributed by atoms with E-state index in [2.05, 4.69) is 28.1 Å². The zero-order valence-electron chi connectivity index (χ0n) is 20.5. The van der Waals surface area contributed by atoms with Crippen molar-refractivity contribution in [3.8, 4) is 0 Å². The van der Waals surface area contributed by atoms with Crippen molar-refractivity contribution in [1.29, 1.82) is 0 Å². The third-order valence-electron chi connectivity index (χ3n) is 6.80. The van der Waals surface area contributed by atoms with Gasteiger partial charge in [0.15, 0.2) is 0 Å². The van der Waals surface area contributed by atoms with Gasteiger partial charge in [-0.25, -0.2) is 9.59 Å². The number of carbonyl (C=O) groups is 4. The minimum absolute atomic E-state index is 0.00892. The molecule has 0 aromatic heterocycles. The van der Waals surface area contributed by atoms with Crippen molar-refractivity contribution < 1.29 is 29.0 Å². The molecule has 35 heavy (non-hydrogen) atoms. The van der Waals surface area contributed by atoms with Crippen LogP contribution < -0.4 is 16.0 Å². The Morgan fingerprint density at radius 1 is 1.09 bits per heavy atom. The average molecular weight is 488 g/mol. The van der Waals surface area contributed by atoms with Gasteiger partial charge in [-0.15, -0.1) is 0 Å². The van der Waals surface area contributed by atoms with Crippen LogP contribution in [0.4, 0.5) is 4.79 Å². The first-order valence-corrected chi connectivity index (χ1v) is 12.5. The summed E-state index contributed by atoms with van der Waals surface area (Å²) >= 11 is 0. The molecule has 1 aromatic rings. The number of hydrogen-bond acceptors (Lipinski definition) is 5. The normalized spacial score (nSPS) is 23.4. The summed E-state index contributed by atoms with van der Waals surface area (Å²) in [6.07, 6.45) is 3.51. The number of rotatable bonds is 11. The molecule has 0 bridgehead atoms. The molecule has 0 radical (unpaired) electrons. The Morgan fingerprint density at radius 2 is 1.83 bits per heavy atom. The van der Waals surface area contributed by atoms with E-state index in [-0.39, 0.29) is 30.3 Å². The Hall–Kier alpha value is -3.10. The van der Waals surface area contributed by atoms with Gasteiger partial charge in [-0.2, -0.15) is 0 Å². The highest BCUT2D eigenvalue weighted by Gasteiger charge is 2.35. The van der Waals surface area contributed by atoms with Gasteiger partial charge in [0, 0.05) is 18.4 Å². The second kappa shape index (κ2) is 12.6. The summed E-state index contributed by atoms with van der Waals surface area (Å²) < 4.78 is 5.73. The maximum absolute atomic E-state index is 13.0. The molecule has 9 nitrogen and oxygen atoms in total. The maximum Gasteiger partial charge on any atom is 0.408 e. The van der Waals surface area contributed by atoms with Crippen LogP contribution in [-0.2, 0) is 25.5 Å². The van der Waals surface area contributed by atoms with Crippen LogP contribution in [0.3, 0.4) is 0 Å². The first-order chi connectivity index (χ1) is 16.7. The molecule has 2 unspecified atom stereocenters. The monoisotopic (exact) mass is 487 g/mol. The van der Waals surface area contributed by atoms with Crippen LogP contribution in [0.1, 0.15) is 57.9 Å². The van der Waals surface area contributed by atoms with E-state index < -0.39 is 36.0 Å². The number of benzene rings is 1. The van der Waals surface area contributed by atoms with Gasteiger partial charge >= 0.3 is 12.1 Å². The number of carbonyl (C=O) groups excluding carboxylic acids is 3. The minimum Gasteiger partial charge on any atom is -0.480 e. The van der Waals surface area contributed by atoms with Crippen LogP contribution in [0.25, 0.3) is 0 Å². The lowest BCUT2D eigenvalue weighted by molar-refractivity contribution is -0.143. The van der Waals surface area contributed by atoms with Crippen LogP contribution in [0.15, 0.2) is 30.3 Å². The van der Waals surface area contributed by atoms with E-state index in [1.54, 1.807) is 0 Å². The van der Waals surface area contributed by atoms with Gasteiger partial charge in [0.2, 0.25) is 11.8 Å². The topological polar surface area (TPSA) is 134 Å². The van der Waals surface area contributed by atoms with E-state index in [4.69, 9.17) is 4.74 Å². The van der Waals surface area contributed by atoms with E-state index in [0.29, 0.717) is 19.4 Å². The van der Waals surface area contributed by atoms with Gasteiger partial charge in [-0.3, -0.25) is 9.59 Å². The zero-order valence-corrected chi connectivity index (χ0v) is 20.5. The summed E-state index contributed by atoms with van der Waals surface area (Å²) in [5, 5.41) is 17.5. The van der Waals surface area contributed by atoms with Crippen LogP contribution >= 0.6 is 0 Å². The maximum atomic E-state index is 13.0. The molecule has 1 aromatic carbocycles. The number of alkyl carbamates (subject to hydrolysis) is 1. The lowest BCUT2D eigenvalue weighted by atomic mass is 9.96. The van der Waals surface area contributed by atoms with E-state index in [1.807, 2.05) is 32.0 Å². The lowest BCUT2D eigenvalue weighted by Crippen LogP contribution is -2.53. The molecule has 1 saturated carbocycles. The highest BCUT2D eigenvalue weighted by molar-refractivity contribution is 5.90. The first kappa shape index (κ1) is 26.5. The van der Waals surface area contributed by atoms with E-state index in [0.717, 1.165) is 25.7 Å². The minimum atomic E-state index is -1.21. The summed E-state index contributed by atoms with van der Waals surface area (Å²) in [5.41, 5.74) is 1.20. The number of ether oxygens (including phenoxy) is 1. The van der Waals surface area contributed by atoms with Crippen molar-refractivity contribution in [2.45, 2.75) is 77.0 Å². The van der Waals surface area contributed by atoms with Crippen molar-refractivity contribution in [3.63, 3.8) is 0 Å². The second-order valence-electron chi connectivity index (χ2n) is 10.1. The number of nitrogens with one attached hydrogen (secondary N) is 3. The Morgan fingerprint density at radius 3 is 2.46 bits per heavy atom. The number of aliphatic carboxylic acids is 1. The van der Waals surface area contributed by atoms with Crippen molar-refractivity contribution >= 4 is 23.9 Å². The van der Waals surface area contributed by atoms with Crippen molar-refractivity contribution in [1.82, 2.24) is 16.0 Å². The molecule has 2 fully saturated rings. The fourth-order valence-electron chi connectivity index (χ4n) is 4.97. The quantitative estimate of drug-likeness (QED) is 0.379. The van der Waals surface area contributed by atoms with Gasteiger partial charge < -0.3 is 25.8 Å². The number of amides is 3. The van der Waals surface area contributed by atoms with E-state index in [9.17, 15) is 24.3 Å². The van der Waals surface area contributed by atoms with Crippen molar-refractivity contribution in [3.05, 3.63) is 35.9 Å². The molecule has 3 amide bonds. The molecule has 2 aliphatic rings. The smallest absolute Gasteiger partial charge is 0.408 e. The summed E-state index contributed by atoms with van der Waals surface area (Å²) in [4.78, 5) is 49.3. The van der Waals surface area contributed by atoms with E-state index >= 15 is 0 Å². The summed E-state index contributed by atoms with van der Waals surface area (Å²) in [6.45, 7) is 4.33. The molecule has 3 rings (SSSR count). The van der Waals surface area contributed by atoms with Crippen LogP contribution in [0, 0.1) is 17.8 Å². The number of carboxylic acid groups (broad SMARTS) is 1. The number of carboxylic acids is 1. The largest absolute Gasteiger partial charge is 0.480 e. The van der Waals surface area contributed by atoms with Gasteiger partial charge in [0.1, 0.15) is 18.2 Å². The standard InChI is InChI=1S/C26H37N3O6/c1-16(2)13-20(24(31)28-21(25(32)33)15-19-11-12-27-23(19)30)29-26(34)35-22-10-6-9-18(22)14-17-7-4-3-5-8-17/h3-5,7-8,16,18-22H,6,9-15H2,1-2H3,(H,27,30)(H,28,31)(H,29,34)(H,32,33)/t18?,19-,20-,21-,22?/m0/s1. The SMILES string of the molecule is CC(C)C[C@H](NC(=O)OC1CCCC1Cc1ccccc1)C(=O)N[C@@H](C[C@@H]1CCNC1=O)C(=O)O. The second-order valence-corrected chi connectivity index (χ2v) is 10.1. The first-order valence-electron chi connectivity index (χ1n) is 12.5. The zero-order chi connectivity index (χ0) is 25.4. The van der Waals surface area contributed by atoms with Gasteiger partial charge in [0.25, 0.3) is 0 Å². The average Bonchev–Trinajstić information content (AvgIpc) is 3.41. The molecule has 1 aliphatic heterocycles. The summed E-state index contributed by atoms with van der Waals surface area (Å²) in [6, 6.07) is 7.93. The van der Waals surface area contributed by atoms with Crippen molar-refractivity contribution in [2.75, 3.05) is 6.54 Å². The molecule has 0 spiro atoms. The number of hydrogen-bond donors (Lipinski definition) is 4. The van der Waals surface area contributed by atoms with Gasteiger partial charge in [-0.05, 0) is 56.4 Å². The molecule has 5 atom stereocenters. The predicted octanol–water partition coefficient (Wildman–Crippen LogP) is 2.63. The lowest BCUT2D eigenvalue weighted by Gasteiger charge is -2.25. The van der Waals surface area contributed by atoms with Crippen LogP contribution in [0.2, 0.25) is 0 Å². The molecular formula is C26H37N3O6. The summed E-state index contributed by atoms with van der Waals surface area (Å²) in [7, 11) is 0.